The largest absolute Gasteiger partial charge is 0.323 e. The molecule has 1 fully saturated rings. The third kappa shape index (κ3) is 4.53. The lowest BCUT2D eigenvalue weighted by Gasteiger charge is -2.31. The van der Waals surface area contributed by atoms with E-state index in [0.29, 0.717) is 17.3 Å². The fourth-order valence-electron chi connectivity index (χ4n) is 2.96. The summed E-state index contributed by atoms with van der Waals surface area (Å²) < 4.78 is 54.2. The number of carbonyl (C=O) groups is 1. The number of amides is 1. The third-order valence-corrected chi connectivity index (χ3v) is 6.77. The smallest absolute Gasteiger partial charge is 0.243 e. The van der Waals surface area contributed by atoms with Gasteiger partial charge >= 0.3 is 0 Å². The number of hydrogen-bond donors (Lipinski definition) is 1. The highest BCUT2D eigenvalue weighted by Crippen LogP contribution is 2.26. The highest BCUT2D eigenvalue weighted by molar-refractivity contribution is 9.10. The van der Waals surface area contributed by atoms with Gasteiger partial charge < -0.3 is 5.32 Å². The Morgan fingerprint density at radius 2 is 1.85 bits per heavy atom. The summed E-state index contributed by atoms with van der Waals surface area (Å²) in [6, 6.07) is 8.84. The number of nitrogens with one attached hydrogen (secondary N) is 1. The number of carbonyl (C=O) groups excluding carboxylic acids is 1. The molecule has 144 valence electrons. The number of benzene rings is 2. The van der Waals surface area contributed by atoms with Gasteiger partial charge in [0.1, 0.15) is 11.6 Å². The van der Waals surface area contributed by atoms with Crippen LogP contribution in [-0.2, 0) is 14.8 Å². The second kappa shape index (κ2) is 8.04. The maximum absolute atomic E-state index is 13.9. The van der Waals surface area contributed by atoms with Gasteiger partial charge in [-0.1, -0.05) is 15.9 Å². The summed E-state index contributed by atoms with van der Waals surface area (Å²) in [7, 11) is -3.83. The van der Waals surface area contributed by atoms with Gasteiger partial charge in [0.15, 0.2) is 0 Å². The first-order valence-electron chi connectivity index (χ1n) is 8.29. The van der Waals surface area contributed by atoms with Gasteiger partial charge in [-0.2, -0.15) is 4.31 Å². The molecule has 2 aromatic rings. The molecular formula is C18H17BrF2N2O3S. The van der Waals surface area contributed by atoms with Gasteiger partial charge in [-0.3, -0.25) is 4.79 Å². The van der Waals surface area contributed by atoms with Gasteiger partial charge in [0, 0.05) is 17.6 Å². The molecule has 27 heavy (non-hydrogen) atoms. The van der Waals surface area contributed by atoms with Crippen LogP contribution in [0.4, 0.5) is 14.5 Å². The van der Waals surface area contributed by atoms with Crippen LogP contribution in [0.15, 0.2) is 51.8 Å². The average molecular weight is 459 g/mol. The van der Waals surface area contributed by atoms with E-state index in [2.05, 4.69) is 21.2 Å². The summed E-state index contributed by atoms with van der Waals surface area (Å²) in [6.07, 6.45) is 1.00. The van der Waals surface area contributed by atoms with E-state index in [1.165, 1.54) is 28.6 Å². The fraction of sp³-hybridized carbons (Fsp3) is 0.278. The van der Waals surface area contributed by atoms with Crippen molar-refractivity contribution in [1.82, 2.24) is 4.31 Å². The number of hydrogen-bond acceptors (Lipinski definition) is 3. The van der Waals surface area contributed by atoms with Crippen LogP contribution in [0, 0.1) is 17.6 Å². The van der Waals surface area contributed by atoms with Crippen LogP contribution in [0.25, 0.3) is 0 Å². The first-order chi connectivity index (χ1) is 12.8. The highest BCUT2D eigenvalue weighted by atomic mass is 79.9. The molecule has 1 N–H and O–H groups in total. The van der Waals surface area contributed by atoms with Crippen LogP contribution < -0.4 is 5.32 Å². The fourth-order valence-corrected chi connectivity index (χ4v) is 4.81. The molecule has 1 atom stereocenters. The topological polar surface area (TPSA) is 66.5 Å². The molecule has 0 aliphatic carbocycles. The Bertz CT molecular complexity index is 952. The Morgan fingerprint density at radius 1 is 1.15 bits per heavy atom. The predicted molar refractivity (Wildman–Crippen MR) is 101 cm³/mol. The lowest BCUT2D eigenvalue weighted by atomic mass is 9.98. The molecule has 1 aliphatic heterocycles. The molecule has 1 amide bonds. The Kier molecular flexibility index (Phi) is 5.92. The Morgan fingerprint density at radius 3 is 2.52 bits per heavy atom. The first kappa shape index (κ1) is 19.9. The van der Waals surface area contributed by atoms with E-state index >= 15 is 0 Å². The van der Waals surface area contributed by atoms with Crippen molar-refractivity contribution in [3.8, 4) is 0 Å². The third-order valence-electron chi connectivity index (χ3n) is 4.40. The van der Waals surface area contributed by atoms with Crippen molar-refractivity contribution >= 4 is 37.5 Å². The molecule has 1 saturated heterocycles. The summed E-state index contributed by atoms with van der Waals surface area (Å²) in [6.45, 7) is 0.264. The van der Waals surface area contributed by atoms with Gasteiger partial charge in [0.25, 0.3) is 0 Å². The molecule has 0 unspecified atom stereocenters. The molecule has 0 bridgehead atoms. The van der Waals surface area contributed by atoms with Crippen molar-refractivity contribution < 1.29 is 22.0 Å². The minimum absolute atomic E-state index is 0.0102. The first-order valence-corrected chi connectivity index (χ1v) is 10.5. The second-order valence-electron chi connectivity index (χ2n) is 6.27. The van der Waals surface area contributed by atoms with E-state index in [9.17, 15) is 22.0 Å². The van der Waals surface area contributed by atoms with Crippen molar-refractivity contribution in [3.63, 3.8) is 0 Å². The SMILES string of the molecule is O=C(Nc1ccc(Br)cc1F)[C@@H]1CCCN(S(=O)(=O)c2ccc(F)cc2)C1. The molecule has 1 aliphatic rings. The normalized spacial score (nSPS) is 18.3. The van der Waals surface area contributed by atoms with Crippen LogP contribution >= 0.6 is 15.9 Å². The molecule has 0 spiro atoms. The van der Waals surface area contributed by atoms with Crippen LogP contribution in [0.3, 0.4) is 0 Å². The standard InChI is InChI=1S/C18H17BrF2N2O3S/c19-13-3-8-17(16(21)10-13)22-18(24)12-2-1-9-23(11-12)27(25,26)15-6-4-14(20)5-7-15/h3-8,10,12H,1-2,9,11H2,(H,22,24)/t12-/m1/s1. The number of nitrogens with zero attached hydrogens (tertiary/aromatic N) is 1. The molecule has 5 nitrogen and oxygen atoms in total. The molecule has 0 saturated carbocycles. The summed E-state index contributed by atoms with van der Waals surface area (Å²) in [5.41, 5.74) is 0.0433. The van der Waals surface area contributed by atoms with E-state index in [1.54, 1.807) is 6.07 Å². The lowest BCUT2D eigenvalue weighted by molar-refractivity contribution is -0.120. The minimum atomic E-state index is -3.83. The Labute approximate surface area is 164 Å². The Balaban J connectivity index is 1.73. The zero-order chi connectivity index (χ0) is 19.6. The van der Waals surface area contributed by atoms with E-state index < -0.39 is 33.5 Å². The Hall–Kier alpha value is -1.84. The highest BCUT2D eigenvalue weighted by Gasteiger charge is 2.33. The van der Waals surface area contributed by atoms with Crippen LogP contribution in [0.1, 0.15) is 12.8 Å². The summed E-state index contributed by atoms with van der Waals surface area (Å²) in [4.78, 5) is 12.5. The number of anilines is 1. The number of halogens is 3. The van der Waals surface area contributed by atoms with E-state index in [0.717, 1.165) is 12.1 Å². The number of sulfonamides is 1. The molecule has 3 rings (SSSR count). The van der Waals surface area contributed by atoms with Gasteiger partial charge in [-0.05, 0) is 55.3 Å². The van der Waals surface area contributed by atoms with Crippen LogP contribution in [0.2, 0.25) is 0 Å². The van der Waals surface area contributed by atoms with Crippen molar-refractivity contribution in [2.75, 3.05) is 18.4 Å². The maximum atomic E-state index is 13.9. The summed E-state index contributed by atoms with van der Waals surface area (Å²) in [5, 5.41) is 2.52. The lowest BCUT2D eigenvalue weighted by Crippen LogP contribution is -2.43. The monoisotopic (exact) mass is 458 g/mol. The maximum Gasteiger partial charge on any atom is 0.243 e. The molecule has 2 aromatic carbocycles. The van der Waals surface area contributed by atoms with Crippen LogP contribution in [-0.4, -0.2) is 31.7 Å². The van der Waals surface area contributed by atoms with E-state index in [1.807, 2.05) is 0 Å². The number of piperidine rings is 1. The minimum Gasteiger partial charge on any atom is -0.323 e. The van der Waals surface area contributed by atoms with Crippen molar-refractivity contribution in [2.24, 2.45) is 5.92 Å². The van der Waals surface area contributed by atoms with Crippen molar-refractivity contribution in [1.29, 1.82) is 0 Å². The van der Waals surface area contributed by atoms with Crippen LogP contribution in [0.5, 0.6) is 0 Å². The zero-order valence-corrected chi connectivity index (χ0v) is 16.6. The van der Waals surface area contributed by atoms with Crippen molar-refractivity contribution in [3.05, 3.63) is 58.6 Å². The molecule has 9 heteroatoms. The van der Waals surface area contributed by atoms with E-state index in [4.69, 9.17) is 0 Å². The van der Waals surface area contributed by atoms with Gasteiger partial charge in [0.05, 0.1) is 16.5 Å². The average Bonchev–Trinajstić information content (AvgIpc) is 2.64. The number of rotatable bonds is 4. The predicted octanol–water partition coefficient (Wildman–Crippen LogP) is 3.77. The molecule has 1 heterocycles. The summed E-state index contributed by atoms with van der Waals surface area (Å²) >= 11 is 3.15. The van der Waals surface area contributed by atoms with Crippen molar-refractivity contribution in [2.45, 2.75) is 17.7 Å². The van der Waals surface area contributed by atoms with Gasteiger partial charge in [-0.25, -0.2) is 17.2 Å². The molecule has 0 radical (unpaired) electrons. The molecule has 0 aromatic heterocycles. The quantitative estimate of drug-likeness (QED) is 0.758. The van der Waals surface area contributed by atoms with Gasteiger partial charge in [0.2, 0.25) is 15.9 Å². The zero-order valence-electron chi connectivity index (χ0n) is 14.2. The van der Waals surface area contributed by atoms with E-state index in [-0.39, 0.29) is 23.7 Å². The molecular weight excluding hydrogens is 442 g/mol. The summed E-state index contributed by atoms with van der Waals surface area (Å²) in [5.74, 6) is -2.14. The second-order valence-corrected chi connectivity index (χ2v) is 9.12. The van der Waals surface area contributed by atoms with Gasteiger partial charge in [-0.15, -0.1) is 0 Å².